The number of alkyl halides is 3. The third-order valence-electron chi connectivity index (χ3n) is 1.26. The number of nitrogens with zero attached hydrogens (tertiary/aromatic N) is 1. The van der Waals surface area contributed by atoms with Gasteiger partial charge in [-0.25, -0.2) is 0 Å². The molecule has 0 aromatic carbocycles. The van der Waals surface area contributed by atoms with Gasteiger partial charge in [-0.3, -0.25) is 4.99 Å². The van der Waals surface area contributed by atoms with Gasteiger partial charge in [0.15, 0.2) is 0 Å². The fraction of sp³-hybridized carbons (Fsp3) is 0.625. The van der Waals surface area contributed by atoms with Crippen molar-refractivity contribution in [3.05, 3.63) is 12.2 Å². The van der Waals surface area contributed by atoms with Crippen molar-refractivity contribution >= 4 is 5.71 Å². The summed E-state index contributed by atoms with van der Waals surface area (Å²) >= 11 is 0. The summed E-state index contributed by atoms with van der Waals surface area (Å²) in [4.78, 5) is 3.14. The minimum absolute atomic E-state index is 0.648. The second kappa shape index (κ2) is 4.95. The van der Waals surface area contributed by atoms with Crippen LogP contribution in [-0.2, 0) is 0 Å². The summed E-state index contributed by atoms with van der Waals surface area (Å²) in [6.45, 7) is 1.90. The second-order valence-electron chi connectivity index (χ2n) is 2.30. The molecule has 0 aliphatic rings. The van der Waals surface area contributed by atoms with Crippen LogP contribution in [0.25, 0.3) is 0 Å². The topological polar surface area (TPSA) is 12.4 Å². The summed E-state index contributed by atoms with van der Waals surface area (Å²) in [6.07, 6.45) is -0.335. The molecule has 0 spiro atoms. The molecule has 0 saturated carbocycles. The maximum Gasteiger partial charge on any atom is 0.432 e. The summed E-state index contributed by atoms with van der Waals surface area (Å²) in [7, 11) is 1.14. The van der Waals surface area contributed by atoms with Gasteiger partial charge in [0.2, 0.25) is 0 Å². The molecule has 0 aromatic rings. The molecule has 0 radical (unpaired) electrons. The van der Waals surface area contributed by atoms with Crippen molar-refractivity contribution in [2.24, 2.45) is 4.99 Å². The lowest BCUT2D eigenvalue weighted by molar-refractivity contribution is -0.0577. The molecule has 4 heteroatoms. The van der Waals surface area contributed by atoms with Crippen LogP contribution >= 0.6 is 0 Å². The van der Waals surface area contributed by atoms with E-state index in [0.29, 0.717) is 6.42 Å². The highest BCUT2D eigenvalue weighted by Crippen LogP contribution is 2.17. The Kier molecular flexibility index (Phi) is 4.62. The van der Waals surface area contributed by atoms with Gasteiger partial charge < -0.3 is 0 Å². The van der Waals surface area contributed by atoms with E-state index in [1.165, 1.54) is 6.08 Å². The van der Waals surface area contributed by atoms with E-state index in [1.54, 1.807) is 0 Å². The Hall–Kier alpha value is -0.800. The zero-order valence-corrected chi connectivity index (χ0v) is 7.15. The molecule has 0 aliphatic heterocycles. The molecule has 1 nitrogen and oxygen atoms in total. The lowest BCUT2D eigenvalue weighted by Crippen LogP contribution is -2.20. The number of hydrogen-bond donors (Lipinski definition) is 0. The van der Waals surface area contributed by atoms with Crippen LogP contribution < -0.4 is 0 Å². The number of aliphatic imine (C=N–C) groups is 1. The second-order valence-corrected chi connectivity index (χ2v) is 2.30. The lowest BCUT2D eigenvalue weighted by Gasteiger charge is -2.04. The van der Waals surface area contributed by atoms with Crippen LogP contribution in [-0.4, -0.2) is 18.9 Å². The van der Waals surface area contributed by atoms with E-state index < -0.39 is 11.9 Å². The van der Waals surface area contributed by atoms with Crippen LogP contribution in [0.15, 0.2) is 17.1 Å². The number of halogens is 3. The van der Waals surface area contributed by atoms with Crippen LogP contribution in [0.5, 0.6) is 0 Å². The lowest BCUT2D eigenvalue weighted by atomic mass is 10.2. The van der Waals surface area contributed by atoms with Gasteiger partial charge in [0, 0.05) is 7.05 Å². The fourth-order valence-corrected chi connectivity index (χ4v) is 0.657. The molecular formula is C8H12F3N. The quantitative estimate of drug-likeness (QED) is 0.590. The van der Waals surface area contributed by atoms with E-state index in [9.17, 15) is 13.2 Å². The minimum atomic E-state index is -4.32. The first-order valence-corrected chi connectivity index (χ1v) is 3.73. The largest absolute Gasteiger partial charge is 0.432 e. The van der Waals surface area contributed by atoms with E-state index in [-0.39, 0.29) is 0 Å². The molecule has 0 rings (SSSR count). The van der Waals surface area contributed by atoms with Crippen molar-refractivity contribution in [1.82, 2.24) is 0 Å². The highest BCUT2D eigenvalue weighted by Gasteiger charge is 2.32. The number of unbranched alkanes of at least 4 members (excludes halogenated alkanes) is 1. The van der Waals surface area contributed by atoms with Crippen LogP contribution in [0.3, 0.4) is 0 Å². The molecule has 0 aromatic heterocycles. The highest BCUT2D eigenvalue weighted by atomic mass is 19.4. The van der Waals surface area contributed by atoms with E-state index in [2.05, 4.69) is 4.99 Å². The molecule has 0 unspecified atom stereocenters. The Morgan fingerprint density at radius 1 is 1.42 bits per heavy atom. The van der Waals surface area contributed by atoms with Gasteiger partial charge in [0.1, 0.15) is 5.71 Å². The summed E-state index contributed by atoms with van der Waals surface area (Å²) in [5.41, 5.74) is -0.823. The number of allylic oxidation sites excluding steroid dienone is 2. The molecular weight excluding hydrogens is 167 g/mol. The number of rotatable bonds is 3. The SMILES string of the molecule is CCC/C=C\C(=NC)C(F)(F)F. The summed E-state index contributed by atoms with van der Waals surface area (Å²) in [5.74, 6) is 0. The normalized spacial score (nSPS) is 14.2. The van der Waals surface area contributed by atoms with Gasteiger partial charge in [-0.1, -0.05) is 19.4 Å². The van der Waals surface area contributed by atoms with Crippen molar-refractivity contribution in [3.63, 3.8) is 0 Å². The first-order valence-electron chi connectivity index (χ1n) is 3.73. The molecule has 0 saturated heterocycles. The Morgan fingerprint density at radius 3 is 2.33 bits per heavy atom. The van der Waals surface area contributed by atoms with E-state index in [4.69, 9.17) is 0 Å². The molecule has 0 heterocycles. The average molecular weight is 179 g/mol. The summed E-state index contributed by atoms with van der Waals surface area (Å²) in [6, 6.07) is 0. The van der Waals surface area contributed by atoms with Crippen molar-refractivity contribution in [2.45, 2.75) is 25.9 Å². The molecule has 70 valence electrons. The van der Waals surface area contributed by atoms with E-state index in [1.807, 2.05) is 6.92 Å². The molecule has 0 N–H and O–H groups in total. The Labute approximate surface area is 70.0 Å². The van der Waals surface area contributed by atoms with Crippen LogP contribution in [0, 0.1) is 0 Å². The van der Waals surface area contributed by atoms with Gasteiger partial charge in [-0.2, -0.15) is 13.2 Å². The summed E-state index contributed by atoms with van der Waals surface area (Å²) in [5, 5.41) is 0. The first-order chi connectivity index (χ1) is 5.52. The predicted molar refractivity (Wildman–Crippen MR) is 43.5 cm³/mol. The van der Waals surface area contributed by atoms with E-state index in [0.717, 1.165) is 19.5 Å². The first kappa shape index (κ1) is 11.2. The van der Waals surface area contributed by atoms with Crippen LogP contribution in [0.1, 0.15) is 19.8 Å². The zero-order valence-electron chi connectivity index (χ0n) is 7.15. The van der Waals surface area contributed by atoms with Crippen molar-refractivity contribution < 1.29 is 13.2 Å². The van der Waals surface area contributed by atoms with Gasteiger partial charge in [0.05, 0.1) is 0 Å². The number of hydrogen-bond acceptors (Lipinski definition) is 1. The van der Waals surface area contributed by atoms with Gasteiger partial charge >= 0.3 is 6.18 Å². The Bertz CT molecular complexity index is 179. The van der Waals surface area contributed by atoms with Gasteiger partial charge in [-0.05, 0) is 12.5 Å². The van der Waals surface area contributed by atoms with Crippen molar-refractivity contribution in [3.8, 4) is 0 Å². The fourth-order valence-electron chi connectivity index (χ4n) is 0.657. The monoisotopic (exact) mass is 179 g/mol. The smallest absolute Gasteiger partial charge is 0.284 e. The molecule has 0 bridgehead atoms. The highest BCUT2D eigenvalue weighted by molar-refractivity contribution is 5.99. The van der Waals surface area contributed by atoms with Crippen molar-refractivity contribution in [2.75, 3.05) is 7.05 Å². The third kappa shape index (κ3) is 4.16. The Balaban J connectivity index is 4.21. The van der Waals surface area contributed by atoms with Crippen molar-refractivity contribution in [1.29, 1.82) is 0 Å². The molecule has 0 fully saturated rings. The zero-order chi connectivity index (χ0) is 9.61. The Morgan fingerprint density at radius 2 is 2.00 bits per heavy atom. The van der Waals surface area contributed by atoms with Gasteiger partial charge in [-0.15, -0.1) is 0 Å². The van der Waals surface area contributed by atoms with Crippen LogP contribution in [0.4, 0.5) is 13.2 Å². The maximum absolute atomic E-state index is 12.0. The molecule has 0 amide bonds. The standard InChI is InChI=1S/C8H12F3N/c1-3-4-5-6-7(12-2)8(9,10)11/h5-6H,3-4H2,1-2H3/b6-5-,12-7?. The van der Waals surface area contributed by atoms with Gasteiger partial charge in [0.25, 0.3) is 0 Å². The van der Waals surface area contributed by atoms with Crippen LogP contribution in [0.2, 0.25) is 0 Å². The molecule has 0 aliphatic carbocycles. The molecule has 12 heavy (non-hydrogen) atoms. The third-order valence-corrected chi connectivity index (χ3v) is 1.26. The van der Waals surface area contributed by atoms with E-state index >= 15 is 0 Å². The predicted octanol–water partition coefficient (Wildman–Crippen LogP) is 2.98. The molecule has 0 atom stereocenters. The minimum Gasteiger partial charge on any atom is -0.284 e. The summed E-state index contributed by atoms with van der Waals surface area (Å²) < 4.78 is 35.9. The maximum atomic E-state index is 12.0. The average Bonchev–Trinajstić information content (AvgIpc) is 1.95.